The summed E-state index contributed by atoms with van der Waals surface area (Å²) >= 11 is 12.1. The van der Waals surface area contributed by atoms with Gasteiger partial charge in [0.1, 0.15) is 10.8 Å². The number of pyridine rings is 1. The third-order valence-corrected chi connectivity index (χ3v) is 5.04. The summed E-state index contributed by atoms with van der Waals surface area (Å²) in [7, 11) is 0. The Labute approximate surface area is 164 Å². The first-order valence-electron chi connectivity index (χ1n) is 8.97. The lowest BCUT2D eigenvalue weighted by atomic mass is 10.2. The predicted molar refractivity (Wildman–Crippen MR) is 102 cm³/mol. The van der Waals surface area contributed by atoms with Gasteiger partial charge in [0, 0.05) is 19.1 Å². The lowest BCUT2D eigenvalue weighted by Crippen LogP contribution is -2.44. The van der Waals surface area contributed by atoms with Crippen LogP contribution in [0.3, 0.4) is 0 Å². The number of rotatable bonds is 8. The summed E-state index contributed by atoms with van der Waals surface area (Å²) in [5.74, 6) is -0.640. The molecule has 1 unspecified atom stereocenters. The van der Waals surface area contributed by atoms with Gasteiger partial charge in [0.25, 0.3) is 5.91 Å². The molecule has 1 aliphatic rings. The number of amides is 1. The summed E-state index contributed by atoms with van der Waals surface area (Å²) in [5.41, 5.74) is 0.115. The third-order valence-electron chi connectivity index (χ3n) is 4.53. The Morgan fingerprint density at radius 3 is 2.81 bits per heavy atom. The third kappa shape index (κ3) is 5.56. The fourth-order valence-electron chi connectivity index (χ4n) is 3.23. The maximum absolute atomic E-state index is 13.0. The Hall–Kier alpha value is -1.37. The highest BCUT2D eigenvalue weighted by molar-refractivity contribution is 6.34. The lowest BCUT2D eigenvalue weighted by Gasteiger charge is -2.30. The minimum absolute atomic E-state index is 0.115. The minimum atomic E-state index is -0.325. The minimum Gasteiger partial charge on any atom is -0.466 e. The first-order chi connectivity index (χ1) is 12.5. The van der Waals surface area contributed by atoms with Crippen molar-refractivity contribution in [2.45, 2.75) is 39.2 Å². The number of likely N-dealkylation sites (N-methyl/N-ethyl adjacent to an activating group) is 1. The molecule has 1 aliphatic heterocycles. The quantitative estimate of drug-likeness (QED) is 0.493. The normalized spacial score (nSPS) is 17.3. The molecule has 0 N–H and O–H groups in total. The van der Waals surface area contributed by atoms with Gasteiger partial charge in [0.15, 0.2) is 0 Å². The van der Waals surface area contributed by atoms with Crippen molar-refractivity contribution in [1.29, 1.82) is 0 Å². The molecule has 1 aromatic heterocycles. The molecule has 0 radical (unpaired) electrons. The molecule has 6 nitrogen and oxygen atoms in total. The molecule has 1 amide bonds. The van der Waals surface area contributed by atoms with E-state index >= 15 is 0 Å². The van der Waals surface area contributed by atoms with Crippen molar-refractivity contribution in [2.75, 3.05) is 32.8 Å². The Morgan fingerprint density at radius 1 is 1.35 bits per heavy atom. The molecule has 2 heterocycles. The molecule has 1 saturated heterocycles. The second-order valence-electron chi connectivity index (χ2n) is 6.20. The van der Waals surface area contributed by atoms with Crippen LogP contribution >= 0.6 is 23.2 Å². The zero-order valence-electron chi connectivity index (χ0n) is 15.2. The van der Waals surface area contributed by atoms with Crippen LogP contribution in [0.25, 0.3) is 0 Å². The van der Waals surface area contributed by atoms with Crippen molar-refractivity contribution in [3.05, 3.63) is 28.0 Å². The van der Waals surface area contributed by atoms with Gasteiger partial charge in [-0.25, -0.2) is 4.98 Å². The van der Waals surface area contributed by atoms with Crippen LogP contribution in [0.4, 0.5) is 0 Å². The molecule has 1 fully saturated rings. The highest BCUT2D eigenvalue weighted by atomic mass is 35.5. The van der Waals surface area contributed by atoms with Gasteiger partial charge in [0.05, 0.1) is 18.1 Å². The van der Waals surface area contributed by atoms with Gasteiger partial charge in [-0.2, -0.15) is 0 Å². The van der Waals surface area contributed by atoms with Gasteiger partial charge in [-0.1, -0.05) is 30.1 Å². The molecule has 0 bridgehead atoms. The zero-order chi connectivity index (χ0) is 19.1. The van der Waals surface area contributed by atoms with E-state index in [4.69, 9.17) is 27.9 Å². The summed E-state index contributed by atoms with van der Waals surface area (Å²) in [6.07, 6.45) is 2.26. The van der Waals surface area contributed by atoms with E-state index in [9.17, 15) is 9.59 Å². The molecule has 144 valence electrons. The van der Waals surface area contributed by atoms with Crippen LogP contribution in [-0.2, 0) is 9.53 Å². The number of aromatic nitrogens is 1. The van der Waals surface area contributed by atoms with Crippen molar-refractivity contribution in [1.82, 2.24) is 14.8 Å². The lowest BCUT2D eigenvalue weighted by molar-refractivity contribution is -0.143. The van der Waals surface area contributed by atoms with Crippen molar-refractivity contribution in [3.8, 4) is 0 Å². The number of esters is 1. The molecule has 0 spiro atoms. The Balaban J connectivity index is 2.16. The number of hydrogen-bond acceptors (Lipinski definition) is 5. The highest BCUT2D eigenvalue weighted by Crippen LogP contribution is 2.22. The average Bonchev–Trinajstić information content (AvgIpc) is 3.07. The van der Waals surface area contributed by atoms with E-state index in [2.05, 4.69) is 16.8 Å². The summed E-state index contributed by atoms with van der Waals surface area (Å²) in [6.45, 7) is 6.93. The summed E-state index contributed by atoms with van der Waals surface area (Å²) in [5, 5.41) is 0.457. The monoisotopic (exact) mass is 401 g/mol. The fourth-order valence-corrected chi connectivity index (χ4v) is 3.56. The molecule has 0 saturated carbocycles. The van der Waals surface area contributed by atoms with Crippen molar-refractivity contribution >= 4 is 35.1 Å². The molecule has 1 aromatic rings. The Bertz CT molecular complexity index is 642. The Kier molecular flexibility index (Phi) is 8.13. The van der Waals surface area contributed by atoms with Crippen LogP contribution in [0.2, 0.25) is 10.2 Å². The van der Waals surface area contributed by atoms with Gasteiger partial charge in [-0.15, -0.1) is 0 Å². The van der Waals surface area contributed by atoms with Gasteiger partial charge in [-0.05, 0) is 45.0 Å². The van der Waals surface area contributed by atoms with Gasteiger partial charge < -0.3 is 9.64 Å². The van der Waals surface area contributed by atoms with E-state index in [0.29, 0.717) is 13.2 Å². The Morgan fingerprint density at radius 2 is 2.12 bits per heavy atom. The van der Waals surface area contributed by atoms with Gasteiger partial charge >= 0.3 is 5.97 Å². The molecule has 26 heavy (non-hydrogen) atoms. The number of ether oxygens (including phenoxy) is 1. The molecular formula is C18H25Cl2N3O3. The number of likely N-dealkylation sites (tertiary alicyclic amines) is 1. The van der Waals surface area contributed by atoms with E-state index < -0.39 is 0 Å². The van der Waals surface area contributed by atoms with Crippen LogP contribution in [0.1, 0.15) is 43.6 Å². The van der Waals surface area contributed by atoms with E-state index in [1.54, 1.807) is 24.0 Å². The van der Waals surface area contributed by atoms with Crippen LogP contribution in [0, 0.1) is 0 Å². The number of halogens is 2. The smallest absolute Gasteiger partial charge is 0.307 e. The summed E-state index contributed by atoms with van der Waals surface area (Å²) in [6, 6.07) is 3.37. The number of nitrogens with zero attached hydrogens (tertiary/aromatic N) is 3. The van der Waals surface area contributed by atoms with Crippen molar-refractivity contribution < 1.29 is 14.3 Å². The summed E-state index contributed by atoms with van der Waals surface area (Å²) < 4.78 is 4.98. The standard InChI is InChI=1S/C18H25Cl2N3O3/c1-3-22-10-5-6-13(22)12-23(11-9-16(24)26-4-2)18(25)17-14(19)7-8-15(20)21-17/h7-8,13H,3-6,9-12H2,1-2H3. The van der Waals surface area contributed by atoms with E-state index in [1.807, 2.05) is 0 Å². The average molecular weight is 402 g/mol. The van der Waals surface area contributed by atoms with E-state index in [1.165, 1.54) is 0 Å². The molecular weight excluding hydrogens is 377 g/mol. The maximum Gasteiger partial charge on any atom is 0.307 e. The van der Waals surface area contributed by atoms with Gasteiger partial charge in [0.2, 0.25) is 0 Å². The van der Waals surface area contributed by atoms with Crippen LogP contribution in [0.5, 0.6) is 0 Å². The number of carbonyl (C=O) groups excluding carboxylic acids is 2. The van der Waals surface area contributed by atoms with Crippen LogP contribution in [-0.4, -0.2) is 65.5 Å². The molecule has 8 heteroatoms. The highest BCUT2D eigenvalue weighted by Gasteiger charge is 2.29. The second-order valence-corrected chi connectivity index (χ2v) is 6.99. The predicted octanol–water partition coefficient (Wildman–Crippen LogP) is 3.27. The number of carbonyl (C=O) groups is 2. The number of hydrogen-bond donors (Lipinski definition) is 0. The van der Waals surface area contributed by atoms with Crippen LogP contribution < -0.4 is 0 Å². The van der Waals surface area contributed by atoms with Crippen molar-refractivity contribution in [3.63, 3.8) is 0 Å². The zero-order valence-corrected chi connectivity index (χ0v) is 16.7. The SMILES string of the molecule is CCOC(=O)CCN(CC1CCCN1CC)C(=O)c1nc(Cl)ccc1Cl. The molecule has 0 aliphatic carbocycles. The second kappa shape index (κ2) is 10.1. The molecule has 2 rings (SSSR count). The van der Waals surface area contributed by atoms with E-state index in [0.717, 1.165) is 25.9 Å². The summed E-state index contributed by atoms with van der Waals surface area (Å²) in [4.78, 5) is 32.8. The fraction of sp³-hybridized carbons (Fsp3) is 0.611. The largest absolute Gasteiger partial charge is 0.466 e. The molecule has 0 aromatic carbocycles. The first kappa shape index (κ1) is 20.9. The van der Waals surface area contributed by atoms with Gasteiger partial charge in [-0.3, -0.25) is 14.5 Å². The van der Waals surface area contributed by atoms with Crippen molar-refractivity contribution in [2.24, 2.45) is 0 Å². The van der Waals surface area contributed by atoms with E-state index in [-0.39, 0.29) is 46.8 Å². The first-order valence-corrected chi connectivity index (χ1v) is 9.72. The topological polar surface area (TPSA) is 62.7 Å². The maximum atomic E-state index is 13.0. The van der Waals surface area contributed by atoms with Crippen LogP contribution in [0.15, 0.2) is 12.1 Å². The molecule has 1 atom stereocenters.